The van der Waals surface area contributed by atoms with Crippen LogP contribution in [0.4, 0.5) is 11.4 Å². The van der Waals surface area contributed by atoms with Crippen LogP contribution in [0.25, 0.3) is 5.57 Å². The van der Waals surface area contributed by atoms with Gasteiger partial charge < -0.3 is 13.9 Å². The molecule has 2 aliphatic heterocycles. The van der Waals surface area contributed by atoms with Gasteiger partial charge in [-0.15, -0.1) is 0 Å². The van der Waals surface area contributed by atoms with Crippen molar-refractivity contribution in [2.24, 2.45) is 0 Å². The summed E-state index contributed by atoms with van der Waals surface area (Å²) in [4.78, 5) is 2.62. The van der Waals surface area contributed by atoms with E-state index in [0.717, 1.165) is 67.2 Å². The van der Waals surface area contributed by atoms with Gasteiger partial charge in [0.1, 0.15) is 0 Å². The largest absolute Gasteiger partial charge is 0.344 e. The summed E-state index contributed by atoms with van der Waals surface area (Å²) in [5.41, 5.74) is 15.2. The molecule has 0 bridgehead atoms. The molecule has 0 amide bonds. The highest BCUT2D eigenvalue weighted by Gasteiger charge is 2.44. The number of hydrogen-bond donors (Lipinski definition) is 0. The van der Waals surface area contributed by atoms with Crippen LogP contribution in [0.15, 0.2) is 114 Å². The zero-order chi connectivity index (χ0) is 38.2. The monoisotopic (exact) mass is 712 g/mol. The van der Waals surface area contributed by atoms with Crippen LogP contribution in [0.2, 0.25) is 0 Å². The average Bonchev–Trinajstić information content (AvgIpc) is 3.44. The minimum Gasteiger partial charge on any atom is -0.344 e. The van der Waals surface area contributed by atoms with Crippen LogP contribution in [0.5, 0.6) is 0 Å². The number of allylic oxidation sites excluding steroid dienone is 8. The van der Waals surface area contributed by atoms with Crippen LogP contribution < -0.4 is 4.90 Å². The Balaban J connectivity index is 1.43. The van der Waals surface area contributed by atoms with E-state index >= 15 is 0 Å². The van der Waals surface area contributed by atoms with Gasteiger partial charge in [-0.25, -0.2) is 0 Å². The number of hydrogen-bond acceptors (Lipinski definition) is 1. The average molecular weight is 712 g/mol. The van der Waals surface area contributed by atoms with Crippen molar-refractivity contribution >= 4 is 22.7 Å². The lowest BCUT2D eigenvalue weighted by Crippen LogP contribution is -2.37. The van der Waals surface area contributed by atoms with Crippen molar-refractivity contribution in [1.82, 2.24) is 0 Å². The Hall–Kier alpha value is -3.99. The minimum atomic E-state index is -0.0651. The van der Waals surface area contributed by atoms with Crippen molar-refractivity contribution in [2.75, 3.05) is 73.4 Å². The topological polar surface area (TPSA) is 6.25 Å². The highest BCUT2D eigenvalue weighted by molar-refractivity contribution is 6.03. The molecule has 3 aromatic carbocycles. The molecule has 4 nitrogen and oxygen atoms in total. The first kappa shape index (κ1) is 38.7. The Bertz CT molecular complexity index is 1970. The van der Waals surface area contributed by atoms with Crippen LogP contribution >= 0.6 is 0 Å². The third-order valence-corrected chi connectivity index (χ3v) is 11.8. The lowest BCUT2D eigenvalue weighted by atomic mass is 9.79. The second kappa shape index (κ2) is 15.0. The van der Waals surface area contributed by atoms with Gasteiger partial charge in [-0.3, -0.25) is 0 Å². The van der Waals surface area contributed by atoms with E-state index in [2.05, 4.69) is 183 Å². The minimum absolute atomic E-state index is 0.0651. The van der Waals surface area contributed by atoms with E-state index in [4.69, 9.17) is 0 Å². The molecule has 3 aliphatic rings. The van der Waals surface area contributed by atoms with Crippen molar-refractivity contribution in [3.8, 4) is 0 Å². The van der Waals surface area contributed by atoms with Crippen LogP contribution in [-0.4, -0.2) is 87.7 Å². The normalized spacial score (nSPS) is 19.9. The number of quaternary nitrogens is 2. The molecule has 0 aromatic heterocycles. The Labute approximate surface area is 322 Å². The third kappa shape index (κ3) is 8.40. The molecule has 0 saturated carbocycles. The maximum atomic E-state index is 2.62. The molecule has 0 saturated heterocycles. The zero-order valence-corrected chi connectivity index (χ0v) is 34.9. The summed E-state index contributed by atoms with van der Waals surface area (Å²) in [5, 5.41) is 0. The predicted octanol–water partition coefficient (Wildman–Crippen LogP) is 10.4. The molecular weight excluding hydrogens is 645 g/mol. The van der Waals surface area contributed by atoms with Crippen LogP contribution in [0.1, 0.15) is 82.1 Å². The molecule has 1 aliphatic carbocycles. The molecule has 0 spiro atoms. The molecule has 3 aromatic rings. The van der Waals surface area contributed by atoms with Crippen LogP contribution in [-0.2, 0) is 10.8 Å². The van der Waals surface area contributed by atoms with Gasteiger partial charge in [0.2, 0.25) is 5.69 Å². The van der Waals surface area contributed by atoms with Crippen molar-refractivity contribution in [3.63, 3.8) is 0 Å². The van der Waals surface area contributed by atoms with Crippen molar-refractivity contribution < 1.29 is 13.5 Å². The number of anilines is 1. The van der Waals surface area contributed by atoms with E-state index in [1.54, 1.807) is 0 Å². The number of benzene rings is 3. The number of fused-ring (bicyclic) bond motifs is 2. The molecule has 53 heavy (non-hydrogen) atoms. The van der Waals surface area contributed by atoms with E-state index in [-0.39, 0.29) is 10.8 Å². The van der Waals surface area contributed by atoms with E-state index in [9.17, 15) is 0 Å². The molecule has 0 radical (unpaired) electrons. The number of aryl methyl sites for hydroxylation is 1. The quantitative estimate of drug-likeness (QED) is 0.134. The molecular formula is C49H67N4+3. The first-order valence-electron chi connectivity index (χ1n) is 20.1. The Morgan fingerprint density at radius 1 is 0.698 bits per heavy atom. The SMILES string of the molecule is Cc1ccc(C2=C(/C=C/C3=[N+](CCC[N+](C)(C)C)c4ccccc4C3(C)C)CCC/C2=C\C=C2\N(CCC[N+](C)(C)C)c3ccccc3C2(C)C)cc1. The van der Waals surface area contributed by atoms with Crippen molar-refractivity contribution in [1.29, 1.82) is 0 Å². The first-order valence-corrected chi connectivity index (χ1v) is 20.1. The molecule has 280 valence electrons. The predicted molar refractivity (Wildman–Crippen MR) is 228 cm³/mol. The molecule has 0 fully saturated rings. The summed E-state index contributed by atoms with van der Waals surface area (Å²) in [7, 11) is 13.8. The second-order valence-corrected chi connectivity index (χ2v) is 18.9. The Morgan fingerprint density at radius 3 is 2.04 bits per heavy atom. The lowest BCUT2D eigenvalue weighted by molar-refractivity contribution is -0.871. The van der Waals surface area contributed by atoms with E-state index in [1.165, 1.54) is 61.8 Å². The molecule has 6 rings (SSSR count). The van der Waals surface area contributed by atoms with E-state index < -0.39 is 0 Å². The summed E-state index contributed by atoms with van der Waals surface area (Å²) in [6, 6.07) is 27.4. The number of para-hydroxylation sites is 2. The molecule has 0 N–H and O–H groups in total. The van der Waals surface area contributed by atoms with Crippen molar-refractivity contribution in [2.45, 2.75) is 77.6 Å². The fourth-order valence-corrected chi connectivity index (χ4v) is 8.88. The fourth-order valence-electron chi connectivity index (χ4n) is 8.88. The maximum absolute atomic E-state index is 2.62. The molecule has 0 unspecified atom stereocenters. The summed E-state index contributed by atoms with van der Waals surface area (Å²) in [6.45, 7) is 16.2. The van der Waals surface area contributed by atoms with Gasteiger partial charge in [-0.05, 0) is 80.0 Å². The zero-order valence-electron chi connectivity index (χ0n) is 34.9. The molecule has 4 heteroatoms. The summed E-state index contributed by atoms with van der Waals surface area (Å²) < 4.78 is 4.59. The van der Waals surface area contributed by atoms with Gasteiger partial charge in [0.05, 0.1) is 67.2 Å². The van der Waals surface area contributed by atoms with Gasteiger partial charge in [0, 0.05) is 47.5 Å². The standard InChI is InChI=1S/C49H67N4/c1-37-25-27-40(28-26-37)47-38(29-31-45-48(2,3)41-21-12-14-23-43(41)50(45)33-17-35-52(6,7)8)19-16-20-39(47)30-32-46-49(4,5)42-22-13-15-24-44(42)51(46)34-18-36-53(9,10)11/h12-15,21-32H,16-20,33-36H2,1-11H3/q+3. The number of nitrogens with zero attached hydrogens (tertiary/aromatic N) is 4. The highest BCUT2D eigenvalue weighted by atomic mass is 15.3. The third-order valence-electron chi connectivity index (χ3n) is 11.8. The second-order valence-electron chi connectivity index (χ2n) is 18.9. The van der Waals surface area contributed by atoms with Gasteiger partial charge in [-0.1, -0.05) is 92.2 Å². The van der Waals surface area contributed by atoms with Gasteiger partial charge in [-0.2, -0.15) is 4.58 Å². The lowest BCUT2D eigenvalue weighted by Gasteiger charge is -2.29. The van der Waals surface area contributed by atoms with Gasteiger partial charge in [0.15, 0.2) is 12.3 Å². The van der Waals surface area contributed by atoms with E-state index in [1.807, 2.05) is 0 Å². The van der Waals surface area contributed by atoms with Crippen molar-refractivity contribution in [3.05, 3.63) is 136 Å². The first-order chi connectivity index (χ1) is 25.0. The van der Waals surface area contributed by atoms with Crippen LogP contribution in [0.3, 0.4) is 0 Å². The highest BCUT2D eigenvalue weighted by Crippen LogP contribution is 2.48. The number of rotatable bonds is 12. The smallest absolute Gasteiger partial charge is 0.209 e. The van der Waals surface area contributed by atoms with Crippen LogP contribution in [0, 0.1) is 6.92 Å². The van der Waals surface area contributed by atoms with E-state index in [0.29, 0.717) is 0 Å². The summed E-state index contributed by atoms with van der Waals surface area (Å²) in [5.74, 6) is 0. The maximum Gasteiger partial charge on any atom is 0.209 e. The van der Waals surface area contributed by atoms with Gasteiger partial charge in [0.25, 0.3) is 0 Å². The fraction of sp³-hybridized carbons (Fsp3) is 0.449. The summed E-state index contributed by atoms with van der Waals surface area (Å²) in [6.07, 6.45) is 15.6. The Morgan fingerprint density at radius 2 is 1.34 bits per heavy atom. The molecule has 0 atom stereocenters. The summed E-state index contributed by atoms with van der Waals surface area (Å²) >= 11 is 0. The molecule has 2 heterocycles. The Kier molecular flexibility index (Phi) is 11.0. The van der Waals surface area contributed by atoms with Gasteiger partial charge >= 0.3 is 0 Å².